The predicted molar refractivity (Wildman–Crippen MR) is 213 cm³/mol. The summed E-state index contributed by atoms with van der Waals surface area (Å²) in [6, 6.07) is 16.9. The van der Waals surface area contributed by atoms with Gasteiger partial charge in [0.25, 0.3) is 11.8 Å². The van der Waals surface area contributed by atoms with Crippen molar-refractivity contribution in [1.82, 2.24) is 54.8 Å². The van der Waals surface area contributed by atoms with Crippen LogP contribution in [0.25, 0.3) is 45.4 Å². The molecule has 0 aliphatic carbocycles. The second-order valence-electron chi connectivity index (χ2n) is 13.5. The first kappa shape index (κ1) is 40.1. The van der Waals surface area contributed by atoms with E-state index in [-0.39, 0.29) is 28.8 Å². The fraction of sp³-hybridized carbons (Fsp3) is 0.200. The lowest BCUT2D eigenvalue weighted by Crippen LogP contribution is -2.38. The van der Waals surface area contributed by atoms with Crippen LogP contribution in [0, 0.1) is 0 Å². The van der Waals surface area contributed by atoms with Crippen LogP contribution in [0.4, 0.5) is 24.5 Å². The van der Waals surface area contributed by atoms with Crippen LogP contribution in [0.15, 0.2) is 119 Å². The Morgan fingerprint density at radius 3 is 1.69 bits per heavy atom. The molecule has 1 aliphatic rings. The highest BCUT2D eigenvalue weighted by molar-refractivity contribution is 6.05. The Morgan fingerprint density at radius 1 is 0.689 bits per heavy atom. The number of aromatic nitrogens is 10. The van der Waals surface area contributed by atoms with Crippen molar-refractivity contribution in [1.29, 1.82) is 0 Å². The van der Waals surface area contributed by atoms with E-state index in [0.29, 0.717) is 51.1 Å². The molecule has 8 aromatic rings. The maximum absolute atomic E-state index is 12.9. The first-order chi connectivity index (χ1) is 29.6. The van der Waals surface area contributed by atoms with E-state index in [1.807, 2.05) is 29.1 Å². The van der Waals surface area contributed by atoms with E-state index in [1.165, 1.54) is 18.5 Å². The van der Waals surface area contributed by atoms with Crippen LogP contribution in [-0.4, -0.2) is 106 Å². The van der Waals surface area contributed by atoms with Crippen molar-refractivity contribution in [2.45, 2.75) is 19.3 Å². The molecule has 8 aromatic heterocycles. The molecule has 9 heterocycles. The third-order valence-corrected chi connectivity index (χ3v) is 9.15. The minimum absolute atomic E-state index is 0.0169. The minimum atomic E-state index is -4.46. The van der Waals surface area contributed by atoms with Gasteiger partial charge >= 0.3 is 6.18 Å². The van der Waals surface area contributed by atoms with Crippen LogP contribution in [0.3, 0.4) is 0 Å². The molecule has 0 aromatic carbocycles. The molecule has 312 valence electrons. The van der Waals surface area contributed by atoms with Gasteiger partial charge in [-0.3, -0.25) is 44.0 Å². The van der Waals surface area contributed by atoms with Crippen LogP contribution in [0.1, 0.15) is 21.1 Å². The van der Waals surface area contributed by atoms with E-state index in [4.69, 9.17) is 18.7 Å². The highest BCUT2D eigenvalue weighted by atomic mass is 19.4. The molecule has 1 aliphatic heterocycles. The first-order valence-corrected chi connectivity index (χ1v) is 18.8. The molecule has 1 saturated heterocycles. The topological polar surface area (TPSA) is 216 Å². The van der Waals surface area contributed by atoms with Crippen LogP contribution in [0.5, 0.6) is 0 Å². The number of alkyl halides is 3. The number of hydrogen-bond donors (Lipinski definition) is 4. The van der Waals surface area contributed by atoms with Gasteiger partial charge in [0.2, 0.25) is 0 Å². The van der Waals surface area contributed by atoms with Crippen molar-refractivity contribution < 1.29 is 36.3 Å². The summed E-state index contributed by atoms with van der Waals surface area (Å²) in [5, 5.41) is 27.2. The van der Waals surface area contributed by atoms with Crippen LogP contribution >= 0.6 is 0 Å². The van der Waals surface area contributed by atoms with Gasteiger partial charge < -0.3 is 24.2 Å². The van der Waals surface area contributed by atoms with Crippen molar-refractivity contribution in [3.8, 4) is 45.4 Å². The predicted octanol–water partition coefficient (Wildman–Crippen LogP) is 6.26. The number of anilines is 2. The van der Waals surface area contributed by atoms with Crippen molar-refractivity contribution in [3.05, 3.63) is 122 Å². The van der Waals surface area contributed by atoms with Crippen LogP contribution in [-0.2, 0) is 17.8 Å². The molecule has 61 heavy (non-hydrogen) atoms. The number of amides is 2. The molecule has 0 saturated carbocycles. The summed E-state index contributed by atoms with van der Waals surface area (Å²) >= 11 is 0. The minimum Gasteiger partial charge on any atom is -0.451 e. The summed E-state index contributed by atoms with van der Waals surface area (Å²) in [6.07, 6.45) is 8.13. The van der Waals surface area contributed by atoms with E-state index < -0.39 is 18.6 Å². The number of hydrogen-bond acceptors (Lipinski definition) is 12. The Kier molecular flexibility index (Phi) is 11.9. The number of pyridine rings is 2. The lowest BCUT2D eigenvalue weighted by atomic mass is 10.2. The summed E-state index contributed by atoms with van der Waals surface area (Å²) in [7, 11) is 0. The Labute approximate surface area is 343 Å². The number of aromatic amines is 2. The van der Waals surface area contributed by atoms with Crippen molar-refractivity contribution >= 4 is 23.2 Å². The zero-order valence-corrected chi connectivity index (χ0v) is 32.0. The highest BCUT2D eigenvalue weighted by Gasteiger charge is 2.30. The Hall–Kier alpha value is -7.65. The Bertz CT molecular complexity index is 2650. The van der Waals surface area contributed by atoms with Gasteiger partial charge in [0.05, 0.1) is 66.0 Å². The smallest absolute Gasteiger partial charge is 0.408 e. The lowest BCUT2D eigenvalue weighted by Gasteiger charge is -2.26. The fourth-order valence-electron chi connectivity index (χ4n) is 6.23. The van der Waals surface area contributed by atoms with Crippen LogP contribution < -0.4 is 10.6 Å². The molecule has 1 fully saturated rings. The lowest BCUT2D eigenvalue weighted by molar-refractivity contribution is -0.142. The van der Waals surface area contributed by atoms with E-state index >= 15 is 0 Å². The fourth-order valence-corrected chi connectivity index (χ4v) is 6.23. The molecule has 21 heteroatoms. The number of furan rings is 2. The van der Waals surface area contributed by atoms with E-state index in [1.54, 1.807) is 61.2 Å². The van der Waals surface area contributed by atoms with Crippen LogP contribution in [0.2, 0.25) is 0 Å². The largest absolute Gasteiger partial charge is 0.451 e. The molecule has 2 amide bonds. The third kappa shape index (κ3) is 10.1. The standard InChI is InChI=1S/C22H23N7O3.C18H13F3N6O2/c30-22(20-5-4-19(32-20)16-13-24-25-14-16)26-18-15-29(8-7-28-9-11-31-12-10-28)27-21(18)17-3-1-2-6-23-17;19-18(20,21)10-27-9-13(16(26-27)12-3-1-2-6-22-12)25-17(28)15-5-4-14(29-15)11-7-23-24-8-11/h1-6,13-15H,7-12H2,(H,24,25)(H,26,30);1-9H,10H2,(H,23,24)(H,25,28). The molecule has 0 unspecified atom stereocenters. The number of carbonyl (C=O) groups excluding carboxylic acids is 2. The maximum Gasteiger partial charge on any atom is 0.408 e. The van der Waals surface area contributed by atoms with E-state index in [0.717, 1.165) is 44.6 Å². The van der Waals surface area contributed by atoms with E-state index in [9.17, 15) is 22.8 Å². The number of ether oxygens (including phenoxy) is 1. The number of rotatable bonds is 12. The normalized spacial score (nSPS) is 13.1. The average molecular weight is 836 g/mol. The molecule has 0 atom stereocenters. The van der Waals surface area contributed by atoms with Gasteiger partial charge in [0.15, 0.2) is 11.5 Å². The molecule has 18 nitrogen and oxygen atoms in total. The number of morpholine rings is 1. The van der Waals surface area contributed by atoms with Gasteiger partial charge in [-0.1, -0.05) is 12.1 Å². The van der Waals surface area contributed by atoms with Gasteiger partial charge in [0, 0.05) is 56.8 Å². The van der Waals surface area contributed by atoms with Crippen molar-refractivity contribution in [2.24, 2.45) is 0 Å². The van der Waals surface area contributed by atoms with Crippen molar-refractivity contribution in [3.63, 3.8) is 0 Å². The first-order valence-electron chi connectivity index (χ1n) is 18.8. The Balaban J connectivity index is 0.000000169. The molecule has 4 N–H and O–H groups in total. The average Bonchev–Trinajstić information content (AvgIpc) is 4.12. The number of carbonyl (C=O) groups is 2. The van der Waals surface area contributed by atoms with E-state index in [2.05, 4.69) is 51.0 Å². The summed E-state index contributed by atoms with van der Waals surface area (Å²) in [6.45, 7) is 3.58. The molecular weight excluding hydrogens is 800 g/mol. The monoisotopic (exact) mass is 835 g/mol. The number of halogens is 3. The molecular formula is C40H36F3N13O5. The number of nitrogens with one attached hydrogen (secondary N) is 4. The van der Waals surface area contributed by atoms with Gasteiger partial charge in [-0.15, -0.1) is 0 Å². The molecule has 9 rings (SSSR count). The van der Waals surface area contributed by atoms with Gasteiger partial charge in [-0.05, 0) is 48.5 Å². The molecule has 0 bridgehead atoms. The Morgan fingerprint density at radius 2 is 1.21 bits per heavy atom. The third-order valence-electron chi connectivity index (χ3n) is 9.15. The maximum atomic E-state index is 12.9. The summed E-state index contributed by atoms with van der Waals surface area (Å²) in [5.74, 6) is 0.177. The second-order valence-corrected chi connectivity index (χ2v) is 13.5. The summed E-state index contributed by atoms with van der Waals surface area (Å²) in [4.78, 5) is 36.3. The number of nitrogens with zero attached hydrogens (tertiary/aromatic N) is 9. The second kappa shape index (κ2) is 18.1. The molecule has 0 spiro atoms. The SMILES string of the molecule is O=C(Nc1cn(CC(F)(F)F)nc1-c1ccccn1)c1ccc(-c2cn[nH]c2)o1.O=C(Nc1cn(CCN2CCOCC2)nc1-c1ccccn1)c1ccc(-c2cn[nH]c2)o1. The van der Waals surface area contributed by atoms with Gasteiger partial charge in [-0.25, -0.2) is 0 Å². The summed E-state index contributed by atoms with van der Waals surface area (Å²) in [5.41, 5.74) is 3.82. The summed E-state index contributed by atoms with van der Waals surface area (Å²) < 4.78 is 57.5. The zero-order chi connectivity index (χ0) is 42.2. The zero-order valence-electron chi connectivity index (χ0n) is 32.0. The van der Waals surface area contributed by atoms with Gasteiger partial charge in [-0.2, -0.15) is 33.6 Å². The quantitative estimate of drug-likeness (QED) is 0.107. The number of H-pyrrole nitrogens is 2. The molecule has 0 radical (unpaired) electrons. The van der Waals surface area contributed by atoms with Crippen molar-refractivity contribution in [2.75, 3.05) is 43.5 Å². The van der Waals surface area contributed by atoms with Gasteiger partial charge in [0.1, 0.15) is 29.5 Å². The highest BCUT2D eigenvalue weighted by Crippen LogP contribution is 2.29.